The van der Waals surface area contributed by atoms with Gasteiger partial charge in [0.2, 0.25) is 0 Å². The van der Waals surface area contributed by atoms with Gasteiger partial charge in [0, 0.05) is 23.5 Å². The Morgan fingerprint density at radius 3 is 1.28 bits per heavy atom. The minimum absolute atomic E-state index is 0.00750. The number of carbonyl (C=O) groups is 2. The molecule has 4 aromatic carbocycles. The highest BCUT2D eigenvalue weighted by molar-refractivity contribution is 5.90. The van der Waals surface area contributed by atoms with Crippen LogP contribution in [0.3, 0.4) is 0 Å². The van der Waals surface area contributed by atoms with Crippen LogP contribution in [-0.4, -0.2) is 36.4 Å². The summed E-state index contributed by atoms with van der Waals surface area (Å²) in [6.07, 6.45) is -14.8. The third kappa shape index (κ3) is 16.1. The van der Waals surface area contributed by atoms with E-state index in [0.29, 0.717) is 51.4 Å². The van der Waals surface area contributed by atoms with E-state index in [0.717, 1.165) is 42.5 Å². The fraction of sp³-hybridized carbons (Fsp3) is 0.409. The summed E-state index contributed by atoms with van der Waals surface area (Å²) in [5.41, 5.74) is -3.33. The average molecular weight is 923 g/mol. The van der Waals surface area contributed by atoms with Gasteiger partial charge in [-0.3, -0.25) is 0 Å². The Morgan fingerprint density at radius 1 is 0.469 bits per heavy atom. The second kappa shape index (κ2) is 22.2. The van der Waals surface area contributed by atoms with E-state index in [-0.39, 0.29) is 41.1 Å². The highest BCUT2D eigenvalue weighted by Gasteiger charge is 2.36. The maximum Gasteiger partial charge on any atom is 0.419 e. The van der Waals surface area contributed by atoms with Crippen molar-refractivity contribution >= 4 is 23.4 Å². The zero-order valence-corrected chi connectivity index (χ0v) is 34.4. The maximum atomic E-state index is 13.1. The number of hydrogen-bond donors (Lipinski definition) is 4. The van der Waals surface area contributed by atoms with E-state index in [1.165, 1.54) is 54.6 Å². The van der Waals surface area contributed by atoms with Crippen LogP contribution in [0.2, 0.25) is 0 Å². The molecule has 2 saturated carbocycles. The molecule has 8 nitrogen and oxygen atoms in total. The van der Waals surface area contributed by atoms with E-state index in [2.05, 4.69) is 21.3 Å². The predicted octanol–water partition coefficient (Wildman–Crippen LogP) is 13.5. The van der Waals surface area contributed by atoms with Crippen molar-refractivity contribution in [2.75, 3.05) is 10.6 Å². The van der Waals surface area contributed by atoms with Crippen LogP contribution >= 0.6 is 0 Å². The molecule has 64 heavy (non-hydrogen) atoms. The molecule has 0 radical (unpaired) electrons. The Bertz CT molecular complexity index is 2110. The van der Waals surface area contributed by atoms with Crippen molar-refractivity contribution in [1.82, 2.24) is 10.6 Å². The molecule has 4 N–H and O–H groups in total. The Morgan fingerprint density at radius 2 is 0.859 bits per heavy atom. The molecule has 20 heteroatoms. The van der Waals surface area contributed by atoms with E-state index < -0.39 is 65.1 Å². The normalized spacial score (nSPS) is 19.0. The van der Waals surface area contributed by atoms with E-state index in [1.807, 2.05) is 13.8 Å². The van der Waals surface area contributed by atoms with Gasteiger partial charge in [-0.2, -0.15) is 52.7 Å². The molecule has 0 heterocycles. The first kappa shape index (κ1) is 50.8. The smallest absolute Gasteiger partial charge is 0.419 e. The molecule has 4 aromatic rings. The zero-order valence-electron chi connectivity index (χ0n) is 34.4. The molecule has 350 valence electrons. The summed E-state index contributed by atoms with van der Waals surface area (Å²) in [5.74, 6) is -0.0952. The van der Waals surface area contributed by atoms with Crippen LogP contribution in [0.1, 0.15) is 87.5 Å². The Labute approximate surface area is 361 Å². The second-order valence-electron chi connectivity index (χ2n) is 14.6. The third-order valence-corrected chi connectivity index (χ3v) is 9.86. The number of nitrogens with one attached hydrogen (secondary N) is 4. The van der Waals surface area contributed by atoms with Crippen LogP contribution in [0.4, 0.5) is 73.6 Å². The number of rotatable bonds is 8. The first-order valence-corrected chi connectivity index (χ1v) is 20.2. The number of urea groups is 2. The minimum Gasteiger partial charge on any atom is -0.490 e. The van der Waals surface area contributed by atoms with Gasteiger partial charge in [0.05, 0.1) is 34.5 Å². The van der Waals surface area contributed by atoms with E-state index in [1.54, 1.807) is 0 Å². The summed E-state index contributed by atoms with van der Waals surface area (Å²) >= 11 is 0. The van der Waals surface area contributed by atoms with Gasteiger partial charge in [-0.15, -0.1) is 0 Å². The van der Waals surface area contributed by atoms with Crippen molar-refractivity contribution < 1.29 is 71.7 Å². The quantitative estimate of drug-likeness (QED) is 0.132. The lowest BCUT2D eigenvalue weighted by molar-refractivity contribution is -0.140. The largest absolute Gasteiger partial charge is 0.490 e. The van der Waals surface area contributed by atoms with Gasteiger partial charge in [-0.05, 0) is 118 Å². The molecule has 0 saturated heterocycles. The number of halogens is 12. The monoisotopic (exact) mass is 922 g/mol. The molecule has 2 aliphatic carbocycles. The fourth-order valence-corrected chi connectivity index (χ4v) is 6.82. The highest BCUT2D eigenvalue weighted by Crippen LogP contribution is 2.38. The number of carbonyl (C=O) groups excluding carboxylic acids is 2. The first-order valence-electron chi connectivity index (χ1n) is 20.2. The first-order chi connectivity index (χ1) is 30.0. The number of hydrogen-bond acceptors (Lipinski definition) is 4. The molecular weight excluding hydrogens is 876 g/mol. The van der Waals surface area contributed by atoms with Crippen LogP contribution in [-0.2, 0) is 24.7 Å². The van der Waals surface area contributed by atoms with Gasteiger partial charge in [0.1, 0.15) is 11.5 Å². The predicted molar refractivity (Wildman–Crippen MR) is 215 cm³/mol. The van der Waals surface area contributed by atoms with Crippen molar-refractivity contribution in [1.29, 1.82) is 0 Å². The van der Waals surface area contributed by atoms with E-state index in [9.17, 15) is 62.3 Å². The number of alkyl halides is 12. The SMILES string of the molecule is CC.O=C(Nc1cccc(C(F)(F)F)c1)NC1CCC(Oc2cccc(C(F)(F)F)c2)CC1.O=C(Nc1cccc(C(F)(F)F)c1)NC1CCC(Oc2ccccc2C(F)(F)F)CC1. The average Bonchev–Trinajstić information content (AvgIpc) is 3.22. The van der Waals surface area contributed by atoms with Crippen molar-refractivity contribution in [3.05, 3.63) is 119 Å². The summed E-state index contributed by atoms with van der Waals surface area (Å²) in [7, 11) is 0. The van der Waals surface area contributed by atoms with Crippen LogP contribution < -0.4 is 30.7 Å². The van der Waals surface area contributed by atoms with Gasteiger partial charge < -0.3 is 30.7 Å². The third-order valence-electron chi connectivity index (χ3n) is 9.86. The number of ether oxygens (including phenoxy) is 2. The second-order valence-corrected chi connectivity index (χ2v) is 14.6. The molecule has 0 aromatic heterocycles. The summed E-state index contributed by atoms with van der Waals surface area (Å²) in [6, 6.07) is 16.5. The number of para-hydroxylation sites is 1. The maximum absolute atomic E-state index is 13.1. The molecule has 0 bridgehead atoms. The van der Waals surface area contributed by atoms with Gasteiger partial charge in [0.25, 0.3) is 0 Å². The van der Waals surface area contributed by atoms with Gasteiger partial charge in [-0.1, -0.05) is 44.2 Å². The standard InChI is InChI=1S/2C21H20F6N2O2.C2H6/c22-20(23,24)13-3-1-5-16(11-13)29-19(30)28-15-7-9-17(10-8-15)31-18-6-2-4-14(12-18)21(25,26)27;22-20(23,24)13-4-3-5-15(12-13)29-19(30)28-14-8-10-16(11-9-14)31-18-7-2-1-6-17(18)21(25,26)27;1-2/h1-6,11-12,15,17H,7-10H2,(H2,28,29,30);1-7,12,14,16H,8-11H2,(H2,28,29,30);1-2H3. The van der Waals surface area contributed by atoms with Crippen LogP contribution in [0.5, 0.6) is 11.5 Å². The lowest BCUT2D eigenvalue weighted by Gasteiger charge is -2.30. The Kier molecular flexibility index (Phi) is 17.6. The molecular formula is C44H46F12N4O4. The van der Waals surface area contributed by atoms with Gasteiger partial charge in [-0.25, -0.2) is 9.59 Å². The number of anilines is 2. The summed E-state index contributed by atoms with van der Waals surface area (Å²) in [6.45, 7) is 4.00. The lowest BCUT2D eigenvalue weighted by atomic mass is 9.93. The Balaban J connectivity index is 0.000000270. The van der Waals surface area contributed by atoms with Crippen molar-refractivity contribution in [3.8, 4) is 11.5 Å². The number of benzene rings is 4. The highest BCUT2D eigenvalue weighted by atomic mass is 19.4. The van der Waals surface area contributed by atoms with Crippen molar-refractivity contribution in [3.63, 3.8) is 0 Å². The summed E-state index contributed by atoms with van der Waals surface area (Å²) in [4.78, 5) is 24.2. The zero-order chi connectivity index (χ0) is 47.3. The molecule has 0 unspecified atom stereocenters. The van der Waals surface area contributed by atoms with E-state index >= 15 is 0 Å². The molecule has 4 amide bonds. The summed E-state index contributed by atoms with van der Waals surface area (Å²) < 4.78 is 165. The fourth-order valence-electron chi connectivity index (χ4n) is 6.82. The topological polar surface area (TPSA) is 101 Å². The number of amides is 4. The van der Waals surface area contributed by atoms with Gasteiger partial charge in [0.15, 0.2) is 0 Å². The minimum atomic E-state index is -4.52. The molecule has 6 rings (SSSR count). The van der Waals surface area contributed by atoms with Crippen molar-refractivity contribution in [2.45, 2.75) is 114 Å². The Hall–Kier alpha value is -5.82. The molecule has 2 aliphatic rings. The van der Waals surface area contributed by atoms with Crippen molar-refractivity contribution in [2.24, 2.45) is 0 Å². The molecule has 0 atom stereocenters. The molecule has 0 spiro atoms. The summed E-state index contributed by atoms with van der Waals surface area (Å²) in [5, 5.41) is 10.1. The molecule has 2 fully saturated rings. The van der Waals surface area contributed by atoms with Crippen LogP contribution in [0.15, 0.2) is 97.1 Å². The van der Waals surface area contributed by atoms with E-state index in [4.69, 9.17) is 9.47 Å². The molecule has 0 aliphatic heterocycles. The van der Waals surface area contributed by atoms with Crippen LogP contribution in [0.25, 0.3) is 0 Å². The van der Waals surface area contributed by atoms with Crippen LogP contribution in [0, 0.1) is 0 Å². The lowest BCUT2D eigenvalue weighted by Crippen LogP contribution is -2.41. The van der Waals surface area contributed by atoms with Gasteiger partial charge >= 0.3 is 36.8 Å².